The van der Waals surface area contributed by atoms with Gasteiger partial charge in [-0.15, -0.1) is 5.23 Å². The molecule has 3 aromatic rings. The van der Waals surface area contributed by atoms with E-state index in [1.165, 1.54) is 6.07 Å². The Bertz CT molecular complexity index is 1340. The molecule has 1 saturated heterocycles. The molecule has 5 rings (SSSR count). The van der Waals surface area contributed by atoms with Gasteiger partial charge in [-0.05, 0) is 55.3 Å². The Labute approximate surface area is 229 Å². The molecule has 1 saturated carbocycles. The van der Waals surface area contributed by atoms with Crippen LogP contribution in [0.4, 0.5) is 28.8 Å². The lowest BCUT2D eigenvalue weighted by Gasteiger charge is -2.35. The number of hydrogen-bond donors (Lipinski definition) is 5. The molecule has 0 atom stereocenters. The first-order valence-corrected chi connectivity index (χ1v) is 13.0. The number of nitrogen functional groups attached to an aromatic ring is 1. The molecule has 1 aromatic carbocycles. The number of halogens is 2. The van der Waals surface area contributed by atoms with E-state index >= 15 is 0 Å². The van der Waals surface area contributed by atoms with E-state index in [0.29, 0.717) is 70.8 Å². The minimum absolute atomic E-state index is 0.0150. The average Bonchev–Trinajstić information content (AvgIpc) is 3.72. The Kier molecular flexibility index (Phi) is 7.73. The summed E-state index contributed by atoms with van der Waals surface area (Å²) in [5, 5.41) is 25.5. The van der Waals surface area contributed by atoms with Gasteiger partial charge in [0.25, 0.3) is 0 Å². The second kappa shape index (κ2) is 11.2. The SMILES string of the molecule is Nc1nc(NCCNc2ccc(N3CCN(C4CC4)CC3=O)c(-c3ccc(Cl)cc3Cl)n2)ccc1N(O)O. The van der Waals surface area contributed by atoms with Crippen molar-refractivity contribution in [1.82, 2.24) is 14.9 Å². The molecule has 1 aliphatic carbocycles. The van der Waals surface area contributed by atoms with Crippen LogP contribution in [-0.2, 0) is 4.79 Å². The molecule has 13 heteroatoms. The maximum Gasteiger partial charge on any atom is 0.241 e. The molecule has 0 spiro atoms. The minimum atomic E-state index is -0.0753. The highest BCUT2D eigenvalue weighted by molar-refractivity contribution is 6.36. The van der Waals surface area contributed by atoms with Crippen molar-refractivity contribution in [2.75, 3.05) is 59.2 Å². The van der Waals surface area contributed by atoms with E-state index < -0.39 is 0 Å². The zero-order valence-electron chi connectivity index (χ0n) is 20.4. The molecule has 6 N–H and O–H groups in total. The third-order valence-electron chi connectivity index (χ3n) is 6.52. The number of amides is 1. The lowest BCUT2D eigenvalue weighted by atomic mass is 10.1. The quantitative estimate of drug-likeness (QED) is 0.193. The molecular weight excluding hydrogens is 531 g/mol. The maximum atomic E-state index is 13.1. The van der Waals surface area contributed by atoms with Crippen LogP contribution in [0, 0.1) is 0 Å². The molecule has 3 heterocycles. The van der Waals surface area contributed by atoms with Crippen LogP contribution < -0.4 is 26.5 Å². The molecule has 2 aromatic heterocycles. The monoisotopic (exact) mass is 558 g/mol. The summed E-state index contributed by atoms with van der Waals surface area (Å²) in [6.45, 7) is 2.79. The first-order chi connectivity index (χ1) is 18.3. The van der Waals surface area contributed by atoms with Gasteiger partial charge in [-0.1, -0.05) is 23.2 Å². The van der Waals surface area contributed by atoms with Crippen molar-refractivity contribution >= 4 is 57.9 Å². The molecule has 200 valence electrons. The predicted molar refractivity (Wildman–Crippen MR) is 148 cm³/mol. The summed E-state index contributed by atoms with van der Waals surface area (Å²) in [7, 11) is 0. The van der Waals surface area contributed by atoms with Crippen molar-refractivity contribution in [3.05, 3.63) is 52.5 Å². The van der Waals surface area contributed by atoms with Gasteiger partial charge < -0.3 is 21.3 Å². The minimum Gasteiger partial charge on any atom is -0.382 e. The van der Waals surface area contributed by atoms with Crippen molar-refractivity contribution in [2.45, 2.75) is 18.9 Å². The zero-order chi connectivity index (χ0) is 26.8. The standard InChI is InChI=1S/C25H28Cl2N8O3/c26-15-1-4-17(18(27)13-15)24-19(34-12-11-33(14-23(34)36)16-2-3-16)5-7-21(31-24)29-9-10-30-22-8-6-20(35(37)38)25(28)32-22/h1,4-8,13,16,37-38H,2-3,9-12,14H2,(H,29,31)(H3,28,30,32). The van der Waals surface area contributed by atoms with Crippen molar-refractivity contribution in [1.29, 1.82) is 0 Å². The maximum absolute atomic E-state index is 13.1. The van der Waals surface area contributed by atoms with Gasteiger partial charge in [0.05, 0.1) is 22.9 Å². The molecule has 1 amide bonds. The van der Waals surface area contributed by atoms with Gasteiger partial charge in [0.2, 0.25) is 5.91 Å². The molecular formula is C25H28Cl2N8O3. The van der Waals surface area contributed by atoms with E-state index in [1.807, 2.05) is 18.2 Å². The lowest BCUT2D eigenvalue weighted by molar-refractivity contribution is -0.121. The Hall–Kier alpha value is -3.35. The molecule has 0 radical (unpaired) electrons. The molecule has 38 heavy (non-hydrogen) atoms. The highest BCUT2D eigenvalue weighted by Crippen LogP contribution is 2.37. The molecule has 1 aliphatic heterocycles. The number of benzene rings is 1. The summed E-state index contributed by atoms with van der Waals surface area (Å²) >= 11 is 12.7. The van der Waals surface area contributed by atoms with Gasteiger partial charge in [0.15, 0.2) is 5.82 Å². The zero-order valence-corrected chi connectivity index (χ0v) is 22.0. The Morgan fingerprint density at radius 1 is 1.00 bits per heavy atom. The van der Waals surface area contributed by atoms with Gasteiger partial charge >= 0.3 is 0 Å². The normalized spacial score (nSPS) is 16.0. The van der Waals surface area contributed by atoms with Gasteiger partial charge in [-0.3, -0.25) is 20.1 Å². The summed E-state index contributed by atoms with van der Waals surface area (Å²) < 4.78 is 0. The van der Waals surface area contributed by atoms with Crippen molar-refractivity contribution in [2.24, 2.45) is 0 Å². The summed E-state index contributed by atoms with van der Waals surface area (Å²) in [6, 6.07) is 12.5. The van der Waals surface area contributed by atoms with E-state index in [4.69, 9.17) is 44.3 Å². The second-order valence-electron chi connectivity index (χ2n) is 9.18. The summed E-state index contributed by atoms with van der Waals surface area (Å²) in [5.41, 5.74) is 7.71. The number of piperazine rings is 1. The number of nitrogens with two attached hydrogens (primary N) is 1. The van der Waals surface area contributed by atoms with E-state index in [-0.39, 0.29) is 22.6 Å². The number of nitrogens with zero attached hydrogens (tertiary/aromatic N) is 5. The van der Waals surface area contributed by atoms with E-state index in [1.54, 1.807) is 23.1 Å². The fourth-order valence-corrected chi connectivity index (χ4v) is 4.96. The molecule has 2 aliphatic rings. The number of nitrogens with one attached hydrogen (secondary N) is 2. The van der Waals surface area contributed by atoms with Gasteiger partial charge in [0.1, 0.15) is 17.3 Å². The summed E-state index contributed by atoms with van der Waals surface area (Å²) in [6.07, 6.45) is 2.32. The average molecular weight is 559 g/mol. The second-order valence-corrected chi connectivity index (χ2v) is 10.0. The van der Waals surface area contributed by atoms with Crippen LogP contribution in [0.25, 0.3) is 11.3 Å². The van der Waals surface area contributed by atoms with E-state index in [0.717, 1.165) is 19.4 Å². The van der Waals surface area contributed by atoms with Gasteiger partial charge in [0, 0.05) is 42.8 Å². The van der Waals surface area contributed by atoms with Crippen molar-refractivity contribution < 1.29 is 15.2 Å². The first-order valence-electron chi connectivity index (χ1n) is 12.2. The molecule has 2 fully saturated rings. The Balaban J connectivity index is 1.31. The van der Waals surface area contributed by atoms with Crippen LogP contribution in [0.1, 0.15) is 12.8 Å². The number of hydrogen-bond acceptors (Lipinski definition) is 10. The summed E-state index contributed by atoms with van der Waals surface area (Å²) in [5.74, 6) is 1.11. The smallest absolute Gasteiger partial charge is 0.241 e. The molecule has 0 bridgehead atoms. The number of anilines is 5. The van der Waals surface area contributed by atoms with Gasteiger partial charge in [-0.2, -0.15) is 0 Å². The van der Waals surface area contributed by atoms with Crippen LogP contribution >= 0.6 is 23.2 Å². The third-order valence-corrected chi connectivity index (χ3v) is 7.07. The number of carbonyl (C=O) groups is 1. The van der Waals surface area contributed by atoms with Crippen molar-refractivity contribution in [3.8, 4) is 11.3 Å². The summed E-state index contributed by atoms with van der Waals surface area (Å²) in [4.78, 5) is 26.1. The van der Waals surface area contributed by atoms with E-state index in [2.05, 4.69) is 20.5 Å². The topological polar surface area (TPSA) is 143 Å². The highest BCUT2D eigenvalue weighted by atomic mass is 35.5. The predicted octanol–water partition coefficient (Wildman–Crippen LogP) is 3.95. The number of carbonyl (C=O) groups excluding carboxylic acids is 1. The molecule has 0 unspecified atom stereocenters. The first kappa shape index (κ1) is 26.3. The van der Waals surface area contributed by atoms with Crippen LogP contribution in [0.5, 0.6) is 0 Å². The number of pyridine rings is 2. The van der Waals surface area contributed by atoms with Crippen LogP contribution in [-0.4, -0.2) is 70.0 Å². The Morgan fingerprint density at radius 3 is 2.34 bits per heavy atom. The fraction of sp³-hybridized carbons (Fsp3) is 0.320. The lowest BCUT2D eigenvalue weighted by Crippen LogP contribution is -2.51. The van der Waals surface area contributed by atoms with Gasteiger partial charge in [-0.25, -0.2) is 9.97 Å². The Morgan fingerprint density at radius 2 is 1.71 bits per heavy atom. The number of aromatic nitrogens is 2. The highest BCUT2D eigenvalue weighted by Gasteiger charge is 2.35. The number of rotatable bonds is 9. The largest absolute Gasteiger partial charge is 0.382 e. The van der Waals surface area contributed by atoms with Crippen LogP contribution in [0.3, 0.4) is 0 Å². The fourth-order valence-electron chi connectivity index (χ4n) is 4.46. The van der Waals surface area contributed by atoms with E-state index in [9.17, 15) is 4.79 Å². The van der Waals surface area contributed by atoms with Crippen LogP contribution in [0.2, 0.25) is 10.0 Å². The third kappa shape index (κ3) is 5.87. The molecule has 11 nitrogen and oxygen atoms in total. The van der Waals surface area contributed by atoms with Crippen molar-refractivity contribution in [3.63, 3.8) is 0 Å². The van der Waals surface area contributed by atoms with Crippen LogP contribution in [0.15, 0.2) is 42.5 Å².